The Bertz CT molecular complexity index is 297. The van der Waals surface area contributed by atoms with Crippen molar-refractivity contribution in [3.05, 3.63) is 0 Å². The highest BCUT2D eigenvalue weighted by molar-refractivity contribution is 7.99. The quantitative estimate of drug-likeness (QED) is 0.833. The molecule has 0 amide bonds. The van der Waals surface area contributed by atoms with Gasteiger partial charge in [0.05, 0.1) is 6.10 Å². The van der Waals surface area contributed by atoms with E-state index < -0.39 is 0 Å². The lowest BCUT2D eigenvalue weighted by Gasteiger charge is -2.58. The molecular formula is C17H31NOS. The molecule has 0 bridgehead atoms. The molecule has 20 heavy (non-hydrogen) atoms. The van der Waals surface area contributed by atoms with E-state index in [1.165, 1.54) is 69.4 Å². The minimum absolute atomic E-state index is 0.498. The average Bonchev–Trinajstić information content (AvgIpc) is 2.52. The van der Waals surface area contributed by atoms with E-state index in [1.54, 1.807) is 0 Å². The lowest BCUT2D eigenvalue weighted by atomic mass is 9.55. The van der Waals surface area contributed by atoms with E-state index >= 15 is 0 Å². The van der Waals surface area contributed by atoms with Gasteiger partial charge in [0.2, 0.25) is 0 Å². The van der Waals surface area contributed by atoms with E-state index in [0.29, 0.717) is 11.5 Å². The standard InChI is InChI=1S/C17H31NOS/c1-2-19-16-12-15(17(16)8-4-3-5-9-17)18-13-14-6-10-20-11-7-14/h14-16,18H,2-13H2,1H3. The summed E-state index contributed by atoms with van der Waals surface area (Å²) in [6.07, 6.45) is 11.7. The topological polar surface area (TPSA) is 21.3 Å². The van der Waals surface area contributed by atoms with Crippen LogP contribution in [0.25, 0.3) is 0 Å². The summed E-state index contributed by atoms with van der Waals surface area (Å²) in [6.45, 7) is 4.29. The van der Waals surface area contributed by atoms with E-state index in [-0.39, 0.29) is 0 Å². The van der Waals surface area contributed by atoms with Gasteiger partial charge in [0.25, 0.3) is 0 Å². The van der Waals surface area contributed by atoms with Crippen LogP contribution in [0.3, 0.4) is 0 Å². The maximum Gasteiger partial charge on any atom is 0.0661 e. The lowest BCUT2D eigenvalue weighted by Crippen LogP contribution is -2.65. The van der Waals surface area contributed by atoms with Crippen molar-refractivity contribution in [3.8, 4) is 0 Å². The number of thioether (sulfide) groups is 1. The molecule has 1 aliphatic heterocycles. The molecule has 3 aliphatic rings. The second-order valence-electron chi connectivity index (χ2n) is 6.99. The van der Waals surface area contributed by atoms with Crippen molar-refractivity contribution in [2.75, 3.05) is 24.7 Å². The molecule has 0 aromatic rings. The number of rotatable bonds is 5. The van der Waals surface area contributed by atoms with Crippen LogP contribution in [0.15, 0.2) is 0 Å². The molecule has 3 heteroatoms. The summed E-state index contributed by atoms with van der Waals surface area (Å²) >= 11 is 2.13. The second kappa shape index (κ2) is 7.02. The third-order valence-corrected chi connectivity index (χ3v) is 6.98. The van der Waals surface area contributed by atoms with Gasteiger partial charge in [0, 0.05) is 18.1 Å². The van der Waals surface area contributed by atoms with Crippen LogP contribution < -0.4 is 5.32 Å². The summed E-state index contributed by atoms with van der Waals surface area (Å²) in [6, 6.07) is 0.744. The average molecular weight is 298 g/mol. The Morgan fingerprint density at radius 3 is 2.60 bits per heavy atom. The first-order valence-electron chi connectivity index (χ1n) is 8.78. The zero-order valence-corrected chi connectivity index (χ0v) is 13.9. The number of hydrogen-bond donors (Lipinski definition) is 1. The fourth-order valence-electron chi connectivity index (χ4n) is 4.61. The van der Waals surface area contributed by atoms with Gasteiger partial charge >= 0.3 is 0 Å². The van der Waals surface area contributed by atoms with Crippen molar-refractivity contribution >= 4 is 11.8 Å². The summed E-state index contributed by atoms with van der Waals surface area (Å²) in [5.41, 5.74) is 0.498. The summed E-state index contributed by atoms with van der Waals surface area (Å²) < 4.78 is 6.05. The van der Waals surface area contributed by atoms with Gasteiger partial charge in [0.1, 0.15) is 0 Å². The molecule has 2 nitrogen and oxygen atoms in total. The van der Waals surface area contributed by atoms with E-state index in [4.69, 9.17) is 4.74 Å². The van der Waals surface area contributed by atoms with Crippen LogP contribution in [0, 0.1) is 11.3 Å². The molecule has 3 fully saturated rings. The van der Waals surface area contributed by atoms with Gasteiger partial charge in [-0.05, 0) is 63.0 Å². The monoisotopic (exact) mass is 297 g/mol. The van der Waals surface area contributed by atoms with Crippen LogP contribution in [0.5, 0.6) is 0 Å². The maximum absolute atomic E-state index is 6.05. The Hall–Kier alpha value is 0.270. The minimum Gasteiger partial charge on any atom is -0.378 e. The first kappa shape index (κ1) is 15.2. The summed E-state index contributed by atoms with van der Waals surface area (Å²) in [7, 11) is 0. The summed E-state index contributed by atoms with van der Waals surface area (Å²) in [5.74, 6) is 3.69. The fourth-order valence-corrected chi connectivity index (χ4v) is 5.81. The second-order valence-corrected chi connectivity index (χ2v) is 8.21. The molecule has 2 saturated carbocycles. The molecule has 3 rings (SSSR count). The van der Waals surface area contributed by atoms with Crippen molar-refractivity contribution in [1.29, 1.82) is 0 Å². The molecule has 1 spiro atoms. The highest BCUT2D eigenvalue weighted by atomic mass is 32.2. The first-order valence-corrected chi connectivity index (χ1v) is 9.93. The number of nitrogens with one attached hydrogen (secondary N) is 1. The van der Waals surface area contributed by atoms with Gasteiger partial charge in [-0.2, -0.15) is 11.8 Å². The minimum atomic E-state index is 0.498. The highest BCUT2D eigenvalue weighted by Gasteiger charge is 2.55. The molecule has 2 aliphatic carbocycles. The molecule has 0 aromatic heterocycles. The first-order chi connectivity index (χ1) is 9.85. The molecule has 0 radical (unpaired) electrons. The van der Waals surface area contributed by atoms with Crippen LogP contribution in [-0.2, 0) is 4.74 Å². The van der Waals surface area contributed by atoms with Gasteiger partial charge in [-0.15, -0.1) is 0 Å². The van der Waals surface area contributed by atoms with Crippen LogP contribution in [0.1, 0.15) is 58.3 Å². The van der Waals surface area contributed by atoms with E-state index in [9.17, 15) is 0 Å². The van der Waals surface area contributed by atoms with E-state index in [0.717, 1.165) is 18.6 Å². The van der Waals surface area contributed by atoms with Crippen LogP contribution >= 0.6 is 11.8 Å². The predicted molar refractivity (Wildman–Crippen MR) is 87.4 cm³/mol. The lowest BCUT2D eigenvalue weighted by molar-refractivity contribution is -0.150. The van der Waals surface area contributed by atoms with Crippen molar-refractivity contribution in [2.45, 2.75) is 70.4 Å². The zero-order valence-electron chi connectivity index (χ0n) is 13.0. The van der Waals surface area contributed by atoms with Crippen molar-refractivity contribution in [2.24, 2.45) is 11.3 Å². The van der Waals surface area contributed by atoms with Crippen molar-refractivity contribution in [1.82, 2.24) is 5.32 Å². The van der Waals surface area contributed by atoms with Crippen LogP contribution in [0.2, 0.25) is 0 Å². The zero-order chi connectivity index (χ0) is 13.8. The molecule has 1 saturated heterocycles. The fraction of sp³-hybridized carbons (Fsp3) is 1.00. The van der Waals surface area contributed by atoms with Gasteiger partial charge in [-0.3, -0.25) is 0 Å². The van der Waals surface area contributed by atoms with Gasteiger partial charge in [0.15, 0.2) is 0 Å². The van der Waals surface area contributed by atoms with E-state index in [1.807, 2.05) is 0 Å². The molecule has 0 aromatic carbocycles. The maximum atomic E-state index is 6.05. The Morgan fingerprint density at radius 2 is 1.90 bits per heavy atom. The van der Waals surface area contributed by atoms with Crippen molar-refractivity contribution in [3.63, 3.8) is 0 Å². The number of hydrogen-bond acceptors (Lipinski definition) is 3. The Labute approximate surface area is 128 Å². The molecule has 116 valence electrons. The Morgan fingerprint density at radius 1 is 1.15 bits per heavy atom. The molecule has 1 N–H and O–H groups in total. The molecular weight excluding hydrogens is 266 g/mol. The normalized spacial score (nSPS) is 34.0. The third-order valence-electron chi connectivity index (χ3n) is 5.93. The highest BCUT2D eigenvalue weighted by Crippen LogP contribution is 2.53. The van der Waals surface area contributed by atoms with Gasteiger partial charge in [-0.1, -0.05) is 19.3 Å². The van der Waals surface area contributed by atoms with Crippen LogP contribution in [0.4, 0.5) is 0 Å². The predicted octanol–water partition coefficient (Wildman–Crippen LogP) is 3.85. The number of ether oxygens (including phenoxy) is 1. The van der Waals surface area contributed by atoms with Gasteiger partial charge < -0.3 is 10.1 Å². The molecule has 2 unspecified atom stereocenters. The summed E-state index contributed by atoms with van der Waals surface area (Å²) in [5, 5.41) is 3.95. The Kier molecular flexibility index (Phi) is 5.33. The Balaban J connectivity index is 1.52. The van der Waals surface area contributed by atoms with E-state index in [2.05, 4.69) is 24.0 Å². The van der Waals surface area contributed by atoms with Gasteiger partial charge in [-0.25, -0.2) is 0 Å². The smallest absolute Gasteiger partial charge is 0.0661 e. The SMILES string of the molecule is CCOC1CC(NCC2CCSCC2)C12CCCCC2. The largest absolute Gasteiger partial charge is 0.378 e. The van der Waals surface area contributed by atoms with Crippen LogP contribution in [-0.4, -0.2) is 36.8 Å². The summed E-state index contributed by atoms with van der Waals surface area (Å²) in [4.78, 5) is 0. The molecule has 1 heterocycles. The third kappa shape index (κ3) is 3.05. The van der Waals surface area contributed by atoms with Crippen molar-refractivity contribution < 1.29 is 4.74 Å². The molecule has 2 atom stereocenters.